The van der Waals surface area contributed by atoms with Crippen molar-refractivity contribution in [3.8, 4) is 5.75 Å². The van der Waals surface area contributed by atoms with Gasteiger partial charge in [-0.1, -0.05) is 29.8 Å². The van der Waals surface area contributed by atoms with Crippen LogP contribution in [0.5, 0.6) is 5.75 Å². The molecule has 0 radical (unpaired) electrons. The highest BCUT2D eigenvalue weighted by molar-refractivity contribution is 6.29. The Morgan fingerprint density at radius 1 is 1.20 bits per heavy atom. The third-order valence-electron chi connectivity index (χ3n) is 3.55. The Bertz CT molecular complexity index is 925. The lowest BCUT2D eigenvalue weighted by molar-refractivity contribution is 0.377. The number of aromatic nitrogens is 2. The maximum Gasteiger partial charge on any atom is 0.130 e. The molecular weight excluding hydrogens is 336 g/mol. The molecule has 2 heterocycles. The summed E-state index contributed by atoms with van der Waals surface area (Å²) in [5.41, 5.74) is 3.24. The van der Waals surface area contributed by atoms with Crippen LogP contribution >= 0.6 is 11.6 Å². The van der Waals surface area contributed by atoms with E-state index in [1.165, 1.54) is 0 Å². The number of halogens is 1. The second kappa shape index (κ2) is 7.77. The Balaban J connectivity index is 1.85. The van der Waals surface area contributed by atoms with Crippen molar-refractivity contribution in [3.05, 3.63) is 71.6 Å². The number of ether oxygens (including phenoxy) is 1. The Morgan fingerprint density at radius 3 is 2.76 bits per heavy atom. The van der Waals surface area contributed by atoms with Crippen molar-refractivity contribution in [2.45, 2.75) is 0 Å². The number of hydrogen-bond acceptors (Lipinski definition) is 5. The van der Waals surface area contributed by atoms with E-state index in [9.17, 15) is 0 Å². The molecule has 6 heteroatoms. The van der Waals surface area contributed by atoms with Crippen LogP contribution in [-0.2, 0) is 0 Å². The topological polar surface area (TPSA) is 70.9 Å². The Labute approximate surface area is 150 Å². The molecular formula is C19H17ClN4O. The largest absolute Gasteiger partial charge is 0.487 e. The third kappa shape index (κ3) is 4.14. The summed E-state index contributed by atoms with van der Waals surface area (Å²) in [7, 11) is 1.79. The molecule has 126 valence electrons. The van der Waals surface area contributed by atoms with E-state index >= 15 is 0 Å². The van der Waals surface area contributed by atoms with Gasteiger partial charge < -0.3 is 15.5 Å². The molecule has 0 saturated carbocycles. The van der Waals surface area contributed by atoms with Gasteiger partial charge in [0.05, 0.1) is 16.7 Å². The molecule has 0 unspecified atom stereocenters. The molecule has 0 spiro atoms. The molecule has 5 nitrogen and oxygen atoms in total. The summed E-state index contributed by atoms with van der Waals surface area (Å²) in [6.45, 7) is 0.151. The van der Waals surface area contributed by atoms with Crippen molar-refractivity contribution in [2.75, 3.05) is 13.7 Å². The zero-order valence-corrected chi connectivity index (χ0v) is 14.4. The van der Waals surface area contributed by atoms with Gasteiger partial charge in [0, 0.05) is 30.6 Å². The molecule has 0 aliphatic heterocycles. The van der Waals surface area contributed by atoms with Crippen LogP contribution in [0.4, 0.5) is 0 Å². The van der Waals surface area contributed by atoms with Gasteiger partial charge in [0.2, 0.25) is 0 Å². The fraction of sp³-hybridized carbons (Fsp3) is 0.105. The normalized spacial score (nSPS) is 11.4. The van der Waals surface area contributed by atoms with Gasteiger partial charge in [0.25, 0.3) is 0 Å². The van der Waals surface area contributed by atoms with Gasteiger partial charge in [-0.25, -0.2) is 4.98 Å². The number of nitrogens with zero attached hydrogens (tertiary/aromatic N) is 2. The first-order chi connectivity index (χ1) is 12.2. The van der Waals surface area contributed by atoms with Crippen LogP contribution < -0.4 is 10.1 Å². The fourth-order valence-corrected chi connectivity index (χ4v) is 2.52. The second-order valence-corrected chi connectivity index (χ2v) is 5.71. The van der Waals surface area contributed by atoms with Crippen LogP contribution in [0.25, 0.3) is 16.6 Å². The highest BCUT2D eigenvalue weighted by Gasteiger charge is 2.11. The summed E-state index contributed by atoms with van der Waals surface area (Å²) in [5.74, 6) is 0.723. The summed E-state index contributed by atoms with van der Waals surface area (Å²) in [6, 6.07) is 14.8. The number of para-hydroxylation sites is 1. The number of pyridine rings is 2. The average Bonchev–Trinajstić information content (AvgIpc) is 2.64. The van der Waals surface area contributed by atoms with Gasteiger partial charge in [-0.3, -0.25) is 4.98 Å². The van der Waals surface area contributed by atoms with E-state index < -0.39 is 0 Å². The summed E-state index contributed by atoms with van der Waals surface area (Å²) < 4.78 is 5.67. The minimum atomic E-state index is 0.151. The predicted octanol–water partition coefficient (Wildman–Crippen LogP) is 3.94. The van der Waals surface area contributed by atoms with Gasteiger partial charge >= 0.3 is 0 Å². The molecule has 1 aromatic carbocycles. The van der Waals surface area contributed by atoms with Gasteiger partial charge in [-0.2, -0.15) is 0 Å². The van der Waals surface area contributed by atoms with Crippen LogP contribution in [0.3, 0.4) is 0 Å². The first-order valence-corrected chi connectivity index (χ1v) is 8.11. The number of hydrogen-bond donors (Lipinski definition) is 2. The minimum absolute atomic E-state index is 0.151. The molecule has 0 atom stereocenters. The quantitative estimate of drug-likeness (QED) is 0.520. The molecule has 2 aromatic heterocycles. The molecule has 0 aliphatic carbocycles. The summed E-state index contributed by atoms with van der Waals surface area (Å²) in [6.07, 6.45) is 3.47. The number of benzene rings is 1. The average molecular weight is 353 g/mol. The van der Waals surface area contributed by atoms with Crippen molar-refractivity contribution >= 4 is 33.9 Å². The Morgan fingerprint density at radius 2 is 2.00 bits per heavy atom. The van der Waals surface area contributed by atoms with Gasteiger partial charge in [0.1, 0.15) is 17.5 Å². The van der Waals surface area contributed by atoms with E-state index in [1.54, 1.807) is 25.5 Å². The molecule has 0 amide bonds. The van der Waals surface area contributed by atoms with E-state index in [4.69, 9.17) is 21.7 Å². The molecule has 0 saturated heterocycles. The monoisotopic (exact) mass is 352 g/mol. The lowest BCUT2D eigenvalue weighted by atomic mass is 10.0. The summed E-state index contributed by atoms with van der Waals surface area (Å²) in [4.78, 5) is 8.68. The van der Waals surface area contributed by atoms with Crippen LogP contribution in [0, 0.1) is 5.41 Å². The van der Waals surface area contributed by atoms with Gasteiger partial charge in [-0.05, 0) is 30.3 Å². The molecule has 3 aromatic rings. The number of fused-ring (bicyclic) bond motifs is 1. The molecule has 0 aliphatic rings. The number of rotatable bonds is 6. The number of nitrogens with one attached hydrogen (secondary N) is 2. The molecule has 0 fully saturated rings. The van der Waals surface area contributed by atoms with Crippen LogP contribution in [0.2, 0.25) is 5.15 Å². The van der Waals surface area contributed by atoms with Crippen LogP contribution in [0.15, 0.2) is 60.9 Å². The van der Waals surface area contributed by atoms with E-state index in [-0.39, 0.29) is 6.61 Å². The zero-order valence-electron chi connectivity index (χ0n) is 13.7. The highest BCUT2D eigenvalue weighted by atomic mass is 35.5. The molecule has 25 heavy (non-hydrogen) atoms. The summed E-state index contributed by atoms with van der Waals surface area (Å²) >= 11 is 5.96. The van der Waals surface area contributed by atoms with Gasteiger partial charge in [0.15, 0.2) is 0 Å². The van der Waals surface area contributed by atoms with Crippen molar-refractivity contribution in [1.29, 1.82) is 5.41 Å². The lowest BCUT2D eigenvalue weighted by Crippen LogP contribution is -2.14. The van der Waals surface area contributed by atoms with Crippen molar-refractivity contribution in [2.24, 2.45) is 0 Å². The zero-order chi connectivity index (χ0) is 17.6. The Kier molecular flexibility index (Phi) is 5.26. The van der Waals surface area contributed by atoms with E-state index in [1.807, 2.05) is 42.5 Å². The lowest BCUT2D eigenvalue weighted by Gasteiger charge is -2.12. The predicted molar refractivity (Wildman–Crippen MR) is 101 cm³/mol. The first-order valence-electron chi connectivity index (χ1n) is 7.73. The second-order valence-electron chi connectivity index (χ2n) is 5.32. The standard InChI is InChI=1S/C19H17ClN4O/c1-22-11-15(16(21)12-25-14-5-3-2-4-6-14)13-9-18-17(23-10-13)7-8-19(20)24-18/h2-11,21-22H,12H2,1H3/b15-11-,21-16?. The molecule has 0 bridgehead atoms. The minimum Gasteiger partial charge on any atom is -0.487 e. The first kappa shape index (κ1) is 16.9. The third-order valence-corrected chi connectivity index (χ3v) is 3.77. The van der Waals surface area contributed by atoms with Crippen LogP contribution in [0.1, 0.15) is 5.56 Å². The van der Waals surface area contributed by atoms with Crippen molar-refractivity contribution in [1.82, 2.24) is 15.3 Å². The van der Waals surface area contributed by atoms with E-state index in [0.29, 0.717) is 22.0 Å². The fourth-order valence-electron chi connectivity index (χ4n) is 2.37. The maximum atomic E-state index is 8.38. The smallest absolute Gasteiger partial charge is 0.130 e. The van der Waals surface area contributed by atoms with Crippen molar-refractivity contribution < 1.29 is 4.74 Å². The van der Waals surface area contributed by atoms with E-state index in [0.717, 1.165) is 16.8 Å². The van der Waals surface area contributed by atoms with Crippen molar-refractivity contribution in [3.63, 3.8) is 0 Å². The SMILES string of the molecule is CN/C=C(\C(=N)COc1ccccc1)c1cnc2ccc(Cl)nc2c1. The molecule has 3 rings (SSSR count). The van der Waals surface area contributed by atoms with Gasteiger partial charge in [-0.15, -0.1) is 0 Å². The Hall–Kier alpha value is -2.92. The maximum absolute atomic E-state index is 8.38. The van der Waals surface area contributed by atoms with Crippen LogP contribution in [-0.4, -0.2) is 29.3 Å². The van der Waals surface area contributed by atoms with E-state index in [2.05, 4.69) is 15.3 Å². The highest BCUT2D eigenvalue weighted by Crippen LogP contribution is 2.21. The summed E-state index contributed by atoms with van der Waals surface area (Å²) in [5, 5.41) is 11.8. The molecule has 2 N–H and O–H groups in total.